The molecule has 90 valence electrons. The summed E-state index contributed by atoms with van der Waals surface area (Å²) in [6.07, 6.45) is 4.78. The fourth-order valence-corrected chi connectivity index (χ4v) is 4.26. The average molecular weight is 243 g/mol. The summed E-state index contributed by atoms with van der Waals surface area (Å²) in [6.45, 7) is 0. The largest absolute Gasteiger partial charge is 0.335 e. The fraction of sp³-hybridized carbons (Fsp3) is 0.909. The Hall–Kier alpha value is -0.580. The summed E-state index contributed by atoms with van der Waals surface area (Å²) in [4.78, 5) is 14.0. The van der Waals surface area contributed by atoms with Gasteiger partial charge in [0.05, 0.1) is 11.5 Å². The van der Waals surface area contributed by atoms with E-state index in [1.807, 2.05) is 4.90 Å². The Morgan fingerprint density at radius 3 is 2.12 bits per heavy atom. The van der Waals surface area contributed by atoms with Gasteiger partial charge in [-0.25, -0.2) is 8.42 Å². The van der Waals surface area contributed by atoms with Crippen LogP contribution in [0.25, 0.3) is 0 Å². The molecular formula is C11H17NO3S. The lowest BCUT2D eigenvalue weighted by atomic mass is 10.2. The second kappa shape index (κ2) is 3.45. The number of nitrogens with zero attached hydrogens (tertiary/aromatic N) is 1. The molecule has 2 saturated carbocycles. The topological polar surface area (TPSA) is 54.5 Å². The lowest BCUT2D eigenvalue weighted by Gasteiger charge is -2.28. The van der Waals surface area contributed by atoms with Crippen LogP contribution in [0.3, 0.4) is 0 Å². The molecule has 1 aliphatic heterocycles. The maximum absolute atomic E-state index is 12.1. The van der Waals surface area contributed by atoms with Crippen molar-refractivity contribution in [2.24, 2.45) is 5.92 Å². The van der Waals surface area contributed by atoms with Gasteiger partial charge in [-0.15, -0.1) is 0 Å². The van der Waals surface area contributed by atoms with Crippen LogP contribution >= 0.6 is 0 Å². The Kier molecular flexibility index (Phi) is 2.28. The zero-order valence-electron chi connectivity index (χ0n) is 9.26. The van der Waals surface area contributed by atoms with Gasteiger partial charge in [0.25, 0.3) is 0 Å². The molecule has 3 aliphatic rings. The van der Waals surface area contributed by atoms with Crippen molar-refractivity contribution in [3.05, 3.63) is 0 Å². The van der Waals surface area contributed by atoms with Crippen LogP contribution in [-0.2, 0) is 14.6 Å². The molecule has 1 atom stereocenters. The minimum atomic E-state index is -2.88. The molecule has 0 bridgehead atoms. The third-order valence-corrected chi connectivity index (χ3v) is 5.47. The van der Waals surface area contributed by atoms with Crippen LogP contribution in [0.4, 0.5) is 0 Å². The van der Waals surface area contributed by atoms with Crippen LogP contribution in [0.2, 0.25) is 0 Å². The Labute approximate surface area is 95.9 Å². The lowest BCUT2D eigenvalue weighted by molar-refractivity contribution is -0.135. The predicted molar refractivity (Wildman–Crippen MR) is 59.7 cm³/mol. The molecule has 16 heavy (non-hydrogen) atoms. The molecule has 2 aliphatic carbocycles. The minimum Gasteiger partial charge on any atom is -0.335 e. The van der Waals surface area contributed by atoms with Gasteiger partial charge in [0.15, 0.2) is 9.84 Å². The van der Waals surface area contributed by atoms with Crippen LogP contribution in [0.15, 0.2) is 0 Å². The SMILES string of the molecule is O=C(C1CC1)N(C1CC1)C1CCS(=O)(=O)C1. The van der Waals surface area contributed by atoms with Crippen molar-refractivity contribution >= 4 is 15.7 Å². The van der Waals surface area contributed by atoms with E-state index >= 15 is 0 Å². The molecule has 4 nitrogen and oxygen atoms in total. The van der Waals surface area contributed by atoms with E-state index in [1.165, 1.54) is 0 Å². The number of amides is 1. The van der Waals surface area contributed by atoms with E-state index in [4.69, 9.17) is 0 Å². The number of sulfone groups is 1. The Balaban J connectivity index is 1.75. The van der Waals surface area contributed by atoms with Crippen LogP contribution < -0.4 is 0 Å². The lowest BCUT2D eigenvalue weighted by Crippen LogP contribution is -2.43. The molecule has 0 aromatic heterocycles. The zero-order chi connectivity index (χ0) is 11.3. The van der Waals surface area contributed by atoms with E-state index in [9.17, 15) is 13.2 Å². The number of hydrogen-bond acceptors (Lipinski definition) is 3. The van der Waals surface area contributed by atoms with Gasteiger partial charge in [0, 0.05) is 18.0 Å². The molecular weight excluding hydrogens is 226 g/mol. The number of rotatable bonds is 3. The maximum atomic E-state index is 12.1. The van der Waals surface area contributed by atoms with E-state index in [2.05, 4.69) is 0 Å². The molecule has 1 heterocycles. The van der Waals surface area contributed by atoms with Crippen LogP contribution in [0, 0.1) is 5.92 Å². The monoisotopic (exact) mass is 243 g/mol. The Bertz CT molecular complexity index is 409. The van der Waals surface area contributed by atoms with Crippen LogP contribution in [0.5, 0.6) is 0 Å². The first-order valence-electron chi connectivity index (χ1n) is 6.09. The van der Waals surface area contributed by atoms with Gasteiger partial charge < -0.3 is 4.90 Å². The number of hydrogen-bond donors (Lipinski definition) is 0. The molecule has 5 heteroatoms. The summed E-state index contributed by atoms with van der Waals surface area (Å²) >= 11 is 0. The number of carbonyl (C=O) groups is 1. The third-order valence-electron chi connectivity index (χ3n) is 3.72. The van der Waals surface area contributed by atoms with Crippen LogP contribution in [-0.4, -0.2) is 42.8 Å². The molecule has 0 N–H and O–H groups in total. The molecule has 0 aromatic carbocycles. The van der Waals surface area contributed by atoms with Gasteiger partial charge in [-0.05, 0) is 32.1 Å². The van der Waals surface area contributed by atoms with Crippen molar-refractivity contribution in [2.45, 2.75) is 44.2 Å². The van der Waals surface area contributed by atoms with Crippen molar-refractivity contribution < 1.29 is 13.2 Å². The zero-order valence-corrected chi connectivity index (χ0v) is 10.1. The van der Waals surface area contributed by atoms with Crippen molar-refractivity contribution in [1.29, 1.82) is 0 Å². The summed E-state index contributed by atoms with van der Waals surface area (Å²) in [6, 6.07) is 0.331. The normalized spacial score (nSPS) is 32.6. The van der Waals surface area contributed by atoms with Crippen molar-refractivity contribution in [1.82, 2.24) is 4.90 Å². The molecule has 3 fully saturated rings. The van der Waals surface area contributed by atoms with Gasteiger partial charge >= 0.3 is 0 Å². The van der Waals surface area contributed by atoms with Gasteiger partial charge in [-0.3, -0.25) is 4.79 Å². The van der Waals surface area contributed by atoms with E-state index in [-0.39, 0.29) is 29.4 Å². The summed E-state index contributed by atoms with van der Waals surface area (Å²) in [7, 11) is -2.88. The quantitative estimate of drug-likeness (QED) is 0.728. The summed E-state index contributed by atoms with van der Waals surface area (Å²) < 4.78 is 22.9. The average Bonchev–Trinajstić information content (AvgIpc) is 3.07. The first kappa shape index (κ1) is 10.6. The molecule has 1 amide bonds. The highest BCUT2D eigenvalue weighted by Gasteiger charge is 2.45. The van der Waals surface area contributed by atoms with Gasteiger partial charge in [-0.1, -0.05) is 0 Å². The maximum Gasteiger partial charge on any atom is 0.226 e. The first-order chi connectivity index (χ1) is 7.57. The smallest absolute Gasteiger partial charge is 0.226 e. The molecule has 0 spiro atoms. The van der Waals surface area contributed by atoms with Gasteiger partial charge in [-0.2, -0.15) is 0 Å². The Morgan fingerprint density at radius 1 is 1.00 bits per heavy atom. The highest BCUT2D eigenvalue weighted by atomic mass is 32.2. The molecule has 0 radical (unpaired) electrons. The summed E-state index contributed by atoms with van der Waals surface area (Å²) in [5, 5.41) is 0. The Morgan fingerprint density at radius 2 is 1.69 bits per heavy atom. The second-order valence-electron chi connectivity index (χ2n) is 5.31. The van der Waals surface area contributed by atoms with Crippen LogP contribution in [0.1, 0.15) is 32.1 Å². The van der Waals surface area contributed by atoms with E-state index in [1.54, 1.807) is 0 Å². The van der Waals surface area contributed by atoms with E-state index in [0.717, 1.165) is 25.7 Å². The predicted octanol–water partition coefficient (Wildman–Crippen LogP) is 0.575. The second-order valence-corrected chi connectivity index (χ2v) is 7.54. The molecule has 0 aromatic rings. The highest BCUT2D eigenvalue weighted by molar-refractivity contribution is 7.91. The first-order valence-corrected chi connectivity index (χ1v) is 7.91. The summed E-state index contributed by atoms with van der Waals surface area (Å²) in [5.74, 6) is 0.898. The van der Waals surface area contributed by atoms with Crippen molar-refractivity contribution in [2.75, 3.05) is 11.5 Å². The molecule has 3 rings (SSSR count). The summed E-state index contributed by atoms with van der Waals surface area (Å²) in [5.41, 5.74) is 0. The van der Waals surface area contributed by atoms with Gasteiger partial charge in [0.1, 0.15) is 0 Å². The highest BCUT2D eigenvalue weighted by Crippen LogP contribution is 2.38. The number of carbonyl (C=O) groups excluding carboxylic acids is 1. The molecule has 1 unspecified atom stereocenters. The van der Waals surface area contributed by atoms with E-state index in [0.29, 0.717) is 12.5 Å². The third kappa shape index (κ3) is 1.97. The fourth-order valence-electron chi connectivity index (χ4n) is 2.55. The van der Waals surface area contributed by atoms with Gasteiger partial charge in [0.2, 0.25) is 5.91 Å². The van der Waals surface area contributed by atoms with E-state index < -0.39 is 9.84 Å². The van der Waals surface area contributed by atoms with Crippen molar-refractivity contribution in [3.8, 4) is 0 Å². The molecule has 1 saturated heterocycles. The standard InChI is InChI=1S/C11H17NO3S/c13-11(8-1-2-8)12(9-3-4-9)10-5-6-16(14,15)7-10/h8-10H,1-7H2. The minimum absolute atomic E-state index is 0.0226. The van der Waals surface area contributed by atoms with Crippen molar-refractivity contribution in [3.63, 3.8) is 0 Å².